The van der Waals surface area contributed by atoms with Crippen LogP contribution in [0, 0.1) is 0 Å². The molecule has 0 fully saturated rings. The third-order valence-electron chi connectivity index (χ3n) is 3.63. The highest BCUT2D eigenvalue weighted by molar-refractivity contribution is 7.16. The minimum Gasteiger partial charge on any atom is -0.383 e. The van der Waals surface area contributed by atoms with Gasteiger partial charge in [-0.1, -0.05) is 64.9 Å². The Morgan fingerprint density at radius 1 is 1.24 bits per heavy atom. The highest BCUT2D eigenvalue weighted by Crippen LogP contribution is 2.29. The number of aromatic nitrogens is 1. The zero-order valence-corrected chi connectivity index (χ0v) is 15.9. The number of hydrogen-bond donors (Lipinski definition) is 0. The average molecular weight is 395 g/mol. The van der Waals surface area contributed by atoms with Crippen LogP contribution in [0.3, 0.4) is 0 Å². The van der Waals surface area contributed by atoms with E-state index in [1.807, 2.05) is 41.0 Å². The Labute approximate surface area is 159 Å². The van der Waals surface area contributed by atoms with Gasteiger partial charge in [-0.3, -0.25) is 4.79 Å². The first-order valence-electron chi connectivity index (χ1n) is 7.67. The van der Waals surface area contributed by atoms with Gasteiger partial charge in [-0.05, 0) is 17.7 Å². The van der Waals surface area contributed by atoms with Crippen molar-refractivity contribution in [2.45, 2.75) is 13.0 Å². The lowest BCUT2D eigenvalue weighted by Crippen LogP contribution is -2.20. The maximum Gasteiger partial charge on any atom is 0.252 e. The largest absolute Gasteiger partial charge is 0.383 e. The second-order valence-corrected chi connectivity index (χ2v) is 7.28. The quantitative estimate of drug-likeness (QED) is 0.646. The van der Waals surface area contributed by atoms with Crippen molar-refractivity contribution < 1.29 is 9.53 Å². The minimum atomic E-state index is -0.203. The summed E-state index contributed by atoms with van der Waals surface area (Å²) < 4.78 is 7.97. The van der Waals surface area contributed by atoms with E-state index in [9.17, 15) is 4.79 Å². The van der Waals surface area contributed by atoms with Crippen molar-refractivity contribution in [3.63, 3.8) is 0 Å². The standard InChI is InChI=1S/C18H16Cl2N2O2S/c1-24-8-7-22-17-14(20)10-13(19)11-15(17)25-18(22)21-16(23)9-12-5-3-2-4-6-12/h2-6,10-11H,7-9H2,1H3. The summed E-state index contributed by atoms with van der Waals surface area (Å²) in [7, 11) is 1.63. The molecule has 1 aromatic heterocycles. The molecule has 1 heterocycles. The molecule has 0 aliphatic carbocycles. The molecule has 0 saturated carbocycles. The van der Waals surface area contributed by atoms with E-state index in [4.69, 9.17) is 27.9 Å². The molecular weight excluding hydrogens is 379 g/mol. The molecule has 7 heteroatoms. The van der Waals surface area contributed by atoms with Crippen molar-refractivity contribution in [1.29, 1.82) is 0 Å². The Kier molecular flexibility index (Phi) is 5.91. The summed E-state index contributed by atoms with van der Waals surface area (Å²) in [6.07, 6.45) is 0.258. The van der Waals surface area contributed by atoms with E-state index in [1.54, 1.807) is 13.2 Å². The number of carbonyl (C=O) groups excluding carboxylic acids is 1. The predicted molar refractivity (Wildman–Crippen MR) is 102 cm³/mol. The van der Waals surface area contributed by atoms with Crippen molar-refractivity contribution >= 4 is 50.7 Å². The van der Waals surface area contributed by atoms with Crippen LogP contribution >= 0.6 is 34.5 Å². The summed E-state index contributed by atoms with van der Waals surface area (Å²) >= 11 is 13.8. The third kappa shape index (κ3) is 4.30. The molecule has 0 unspecified atom stereocenters. The van der Waals surface area contributed by atoms with Gasteiger partial charge in [0.1, 0.15) is 0 Å². The average Bonchev–Trinajstić information content (AvgIpc) is 2.90. The van der Waals surface area contributed by atoms with Gasteiger partial charge in [0.25, 0.3) is 5.91 Å². The van der Waals surface area contributed by atoms with Gasteiger partial charge in [0, 0.05) is 18.7 Å². The molecule has 0 atom stereocenters. The topological polar surface area (TPSA) is 43.6 Å². The van der Waals surface area contributed by atoms with Gasteiger partial charge < -0.3 is 9.30 Å². The Balaban J connectivity index is 2.04. The van der Waals surface area contributed by atoms with Gasteiger partial charge >= 0.3 is 0 Å². The molecule has 0 N–H and O–H groups in total. The number of nitrogens with zero attached hydrogens (tertiary/aromatic N) is 2. The number of halogens is 2. The van der Waals surface area contributed by atoms with Crippen LogP contribution in [-0.2, 0) is 22.5 Å². The highest BCUT2D eigenvalue weighted by atomic mass is 35.5. The number of benzene rings is 2. The Bertz CT molecular complexity index is 964. The fourth-order valence-electron chi connectivity index (χ4n) is 2.52. The van der Waals surface area contributed by atoms with E-state index in [1.165, 1.54) is 11.3 Å². The van der Waals surface area contributed by atoms with Gasteiger partial charge in [-0.25, -0.2) is 0 Å². The van der Waals surface area contributed by atoms with E-state index >= 15 is 0 Å². The summed E-state index contributed by atoms with van der Waals surface area (Å²) in [5.41, 5.74) is 1.75. The first-order valence-corrected chi connectivity index (χ1v) is 9.24. The lowest BCUT2D eigenvalue weighted by atomic mass is 10.1. The number of rotatable bonds is 5. The van der Waals surface area contributed by atoms with E-state index in [-0.39, 0.29) is 12.3 Å². The fraction of sp³-hybridized carbons (Fsp3) is 0.222. The summed E-state index contributed by atoms with van der Waals surface area (Å²) in [6, 6.07) is 13.1. The van der Waals surface area contributed by atoms with Crippen LogP contribution in [-0.4, -0.2) is 24.2 Å². The highest BCUT2D eigenvalue weighted by Gasteiger charge is 2.12. The smallest absolute Gasteiger partial charge is 0.252 e. The molecule has 3 rings (SSSR count). The summed E-state index contributed by atoms with van der Waals surface area (Å²) in [6.45, 7) is 1.04. The minimum absolute atomic E-state index is 0.203. The summed E-state index contributed by atoms with van der Waals surface area (Å²) in [5.74, 6) is -0.203. The molecule has 1 amide bonds. The molecule has 3 aromatic rings. The maximum atomic E-state index is 12.4. The Hall–Kier alpha value is -1.66. The fourth-order valence-corrected chi connectivity index (χ4v) is 4.38. The monoisotopic (exact) mass is 394 g/mol. The third-order valence-corrected chi connectivity index (χ3v) is 5.16. The molecule has 0 spiro atoms. The molecule has 2 aromatic carbocycles. The predicted octanol–water partition coefficient (Wildman–Crippen LogP) is 4.33. The Morgan fingerprint density at radius 2 is 2.00 bits per heavy atom. The molecule has 0 saturated heterocycles. The first-order chi connectivity index (χ1) is 12.1. The number of methoxy groups -OCH3 is 1. The van der Waals surface area contributed by atoms with Crippen molar-refractivity contribution in [3.8, 4) is 0 Å². The second-order valence-electron chi connectivity index (χ2n) is 5.43. The van der Waals surface area contributed by atoms with Crippen LogP contribution < -0.4 is 4.80 Å². The number of ether oxygens (including phenoxy) is 1. The SMILES string of the molecule is COCCn1c(=NC(=O)Cc2ccccc2)sc2cc(Cl)cc(Cl)c21. The number of carbonyl (C=O) groups is 1. The maximum absolute atomic E-state index is 12.4. The van der Waals surface area contributed by atoms with Gasteiger partial charge in [-0.15, -0.1) is 0 Å². The van der Waals surface area contributed by atoms with Gasteiger partial charge in [-0.2, -0.15) is 4.99 Å². The summed E-state index contributed by atoms with van der Waals surface area (Å²) in [4.78, 5) is 17.3. The van der Waals surface area contributed by atoms with Crippen LogP contribution in [0.2, 0.25) is 10.0 Å². The van der Waals surface area contributed by atoms with E-state index in [2.05, 4.69) is 4.99 Å². The molecule has 4 nitrogen and oxygen atoms in total. The van der Waals surface area contributed by atoms with Crippen LogP contribution in [0.4, 0.5) is 0 Å². The van der Waals surface area contributed by atoms with Crippen LogP contribution in [0.5, 0.6) is 0 Å². The number of amides is 1. The molecule has 0 radical (unpaired) electrons. The van der Waals surface area contributed by atoms with Crippen LogP contribution in [0.15, 0.2) is 47.5 Å². The van der Waals surface area contributed by atoms with Crippen molar-refractivity contribution in [2.75, 3.05) is 13.7 Å². The van der Waals surface area contributed by atoms with Crippen molar-refractivity contribution in [3.05, 3.63) is 62.9 Å². The lowest BCUT2D eigenvalue weighted by molar-refractivity contribution is -0.117. The molecular formula is C18H16Cl2N2O2S. The molecule has 0 aliphatic heterocycles. The molecule has 0 aliphatic rings. The first kappa shape index (κ1) is 18.1. The number of fused-ring (bicyclic) bond motifs is 1. The van der Waals surface area contributed by atoms with Gasteiger partial charge in [0.15, 0.2) is 4.80 Å². The van der Waals surface area contributed by atoms with Crippen LogP contribution in [0.1, 0.15) is 5.56 Å². The molecule has 25 heavy (non-hydrogen) atoms. The molecule has 130 valence electrons. The molecule has 0 bridgehead atoms. The Morgan fingerprint density at radius 3 is 2.72 bits per heavy atom. The zero-order chi connectivity index (χ0) is 17.8. The lowest BCUT2D eigenvalue weighted by Gasteiger charge is -2.06. The zero-order valence-electron chi connectivity index (χ0n) is 13.5. The number of thiazole rings is 1. The van der Waals surface area contributed by atoms with Gasteiger partial charge in [0.05, 0.1) is 28.3 Å². The number of hydrogen-bond acceptors (Lipinski definition) is 3. The van der Waals surface area contributed by atoms with Crippen LogP contribution in [0.25, 0.3) is 10.2 Å². The van der Waals surface area contributed by atoms with E-state index in [0.29, 0.717) is 28.0 Å². The van der Waals surface area contributed by atoms with Crippen molar-refractivity contribution in [2.24, 2.45) is 4.99 Å². The summed E-state index contributed by atoms with van der Waals surface area (Å²) in [5, 5.41) is 1.09. The normalized spacial score (nSPS) is 12.0. The van der Waals surface area contributed by atoms with E-state index in [0.717, 1.165) is 15.8 Å². The van der Waals surface area contributed by atoms with E-state index < -0.39 is 0 Å². The van der Waals surface area contributed by atoms with Gasteiger partial charge in [0.2, 0.25) is 0 Å². The second kappa shape index (κ2) is 8.15. The van der Waals surface area contributed by atoms with Crippen molar-refractivity contribution in [1.82, 2.24) is 4.57 Å².